The van der Waals surface area contributed by atoms with Crippen molar-refractivity contribution < 1.29 is 10.2 Å². The summed E-state index contributed by atoms with van der Waals surface area (Å²) in [6.45, 7) is -0.168. The first-order valence-electron chi connectivity index (χ1n) is 10.6. The fraction of sp³-hybridized carbons (Fsp3) is 0.111. The van der Waals surface area contributed by atoms with Gasteiger partial charge in [0.25, 0.3) is 0 Å². The Morgan fingerprint density at radius 1 is 0.576 bits per heavy atom. The fourth-order valence-corrected chi connectivity index (χ4v) is 3.23. The van der Waals surface area contributed by atoms with Gasteiger partial charge in [0.2, 0.25) is 0 Å². The van der Waals surface area contributed by atoms with Gasteiger partial charge in [0.1, 0.15) is 0 Å². The quantitative estimate of drug-likeness (QED) is 0.396. The molecule has 0 radical (unpaired) electrons. The van der Waals surface area contributed by atoms with Crippen LogP contribution in [0.1, 0.15) is 33.9 Å². The predicted molar refractivity (Wildman–Crippen MR) is 131 cm³/mol. The van der Waals surface area contributed by atoms with Crippen LogP contribution in [-0.2, 0) is 19.6 Å². The molecule has 0 atom stereocenters. The second-order valence-electron chi connectivity index (χ2n) is 7.45. The van der Waals surface area contributed by atoms with E-state index >= 15 is 0 Å². The average Bonchev–Trinajstić information content (AvgIpc) is 2.88. The van der Waals surface area contributed by atoms with Crippen molar-refractivity contribution in [1.82, 2.24) is 9.97 Å². The molecule has 33 heavy (non-hydrogen) atoms. The van der Waals surface area contributed by atoms with Gasteiger partial charge in [0.05, 0.1) is 59.8 Å². The summed E-state index contributed by atoms with van der Waals surface area (Å²) in [7, 11) is 0. The Morgan fingerprint density at radius 2 is 1.00 bits per heavy atom. The number of hydrogen-bond donors (Lipinski definition) is 2. The highest BCUT2D eigenvalue weighted by atomic mass is 16.3. The third kappa shape index (κ3) is 6.49. The molecule has 0 aliphatic heterocycles. The van der Waals surface area contributed by atoms with Crippen molar-refractivity contribution in [2.24, 2.45) is 9.98 Å². The molecule has 0 unspecified atom stereocenters. The summed E-state index contributed by atoms with van der Waals surface area (Å²) in [5.41, 5.74) is 6.75. The van der Waals surface area contributed by atoms with Crippen LogP contribution >= 0.6 is 0 Å². The van der Waals surface area contributed by atoms with E-state index in [1.54, 1.807) is 24.6 Å². The van der Waals surface area contributed by atoms with E-state index < -0.39 is 0 Å². The van der Waals surface area contributed by atoms with E-state index in [2.05, 4.69) is 44.2 Å². The lowest BCUT2D eigenvalue weighted by atomic mass is 10.0. The molecule has 2 N–H and O–H groups in total. The summed E-state index contributed by atoms with van der Waals surface area (Å²) in [4.78, 5) is 17.5. The first-order valence-corrected chi connectivity index (χ1v) is 10.6. The summed E-state index contributed by atoms with van der Waals surface area (Å²) in [6.07, 6.45) is 4.21. The molecular weight excluding hydrogens is 412 g/mol. The van der Waals surface area contributed by atoms with E-state index in [1.165, 1.54) is 11.1 Å². The maximum absolute atomic E-state index is 9.18. The first-order chi connectivity index (χ1) is 16.2. The maximum atomic E-state index is 9.18. The van der Waals surface area contributed by atoms with Crippen LogP contribution in [0.2, 0.25) is 0 Å². The second kappa shape index (κ2) is 11.0. The van der Waals surface area contributed by atoms with Crippen LogP contribution in [0.5, 0.6) is 0 Å². The van der Waals surface area contributed by atoms with Gasteiger partial charge in [0, 0.05) is 0 Å². The number of nitrogens with zero attached hydrogens (tertiary/aromatic N) is 4. The largest absolute Gasteiger partial charge is 0.390 e. The molecule has 164 valence electrons. The molecule has 0 aliphatic rings. The van der Waals surface area contributed by atoms with Crippen LogP contribution < -0.4 is 0 Å². The Kier molecular flexibility index (Phi) is 7.43. The second-order valence-corrected chi connectivity index (χ2v) is 7.45. The lowest BCUT2D eigenvalue weighted by molar-refractivity contribution is 0.276. The Hall–Kier alpha value is -4.00. The van der Waals surface area contributed by atoms with Crippen molar-refractivity contribution in [1.29, 1.82) is 0 Å². The highest BCUT2D eigenvalue weighted by Crippen LogP contribution is 2.18. The Morgan fingerprint density at radius 3 is 1.39 bits per heavy atom. The Bertz CT molecular complexity index is 1150. The van der Waals surface area contributed by atoms with Crippen LogP contribution in [0.3, 0.4) is 0 Å². The van der Waals surface area contributed by atoms with Crippen molar-refractivity contribution in [3.05, 3.63) is 119 Å². The topological polar surface area (TPSA) is 91.0 Å². The number of aliphatic hydroxyl groups excluding tert-OH is 2. The standard InChI is InChI=1S/C27H24N4O2/c32-18-26-5-1-3-24(30-26)16-28-22-11-7-20(8-12-22)15-21-9-13-23(14-10-21)29-17-25-4-2-6-27(19-33)31-25/h1-14,16-17,32-33H,15,18-19H2. The molecule has 0 saturated heterocycles. The third-order valence-corrected chi connectivity index (χ3v) is 4.95. The smallest absolute Gasteiger partial charge is 0.0853 e. The van der Waals surface area contributed by atoms with Gasteiger partial charge in [-0.3, -0.25) is 9.98 Å². The monoisotopic (exact) mass is 436 g/mol. The molecule has 0 fully saturated rings. The van der Waals surface area contributed by atoms with Crippen LogP contribution in [-0.4, -0.2) is 32.6 Å². The van der Waals surface area contributed by atoms with Crippen LogP contribution in [0.4, 0.5) is 11.4 Å². The van der Waals surface area contributed by atoms with Crippen LogP contribution in [0.15, 0.2) is 94.9 Å². The minimum absolute atomic E-state index is 0.0839. The molecule has 6 heteroatoms. The number of hydrogen-bond acceptors (Lipinski definition) is 6. The van der Waals surface area contributed by atoms with Crippen molar-refractivity contribution >= 4 is 23.8 Å². The van der Waals surface area contributed by atoms with Crippen molar-refractivity contribution in [2.45, 2.75) is 19.6 Å². The zero-order chi connectivity index (χ0) is 22.9. The fourth-order valence-electron chi connectivity index (χ4n) is 3.23. The van der Waals surface area contributed by atoms with E-state index in [9.17, 15) is 10.2 Å². The van der Waals surface area contributed by atoms with Crippen LogP contribution in [0.25, 0.3) is 0 Å². The Labute approximate surface area is 192 Å². The molecule has 6 nitrogen and oxygen atoms in total. The highest BCUT2D eigenvalue weighted by Gasteiger charge is 1.99. The molecule has 0 amide bonds. The summed E-state index contributed by atoms with van der Waals surface area (Å²) < 4.78 is 0. The minimum Gasteiger partial charge on any atom is -0.390 e. The van der Waals surface area contributed by atoms with Crippen molar-refractivity contribution in [3.8, 4) is 0 Å². The van der Waals surface area contributed by atoms with Gasteiger partial charge < -0.3 is 10.2 Å². The van der Waals surface area contributed by atoms with Gasteiger partial charge >= 0.3 is 0 Å². The number of pyridine rings is 2. The highest BCUT2D eigenvalue weighted by molar-refractivity contribution is 5.80. The molecule has 0 saturated carbocycles. The first kappa shape index (κ1) is 22.2. The maximum Gasteiger partial charge on any atom is 0.0853 e. The van der Waals surface area contributed by atoms with E-state index in [-0.39, 0.29) is 13.2 Å². The summed E-state index contributed by atoms with van der Waals surface area (Å²) in [5, 5.41) is 18.4. The van der Waals surface area contributed by atoms with E-state index in [4.69, 9.17) is 0 Å². The SMILES string of the molecule is OCc1cccc(C=Nc2ccc(Cc3ccc(N=Cc4cccc(CO)n4)cc3)cc2)n1. The van der Waals surface area contributed by atoms with Crippen molar-refractivity contribution in [2.75, 3.05) is 0 Å². The number of aliphatic imine (C=N–C) groups is 2. The van der Waals surface area contributed by atoms with Gasteiger partial charge in [-0.2, -0.15) is 0 Å². The van der Waals surface area contributed by atoms with Gasteiger partial charge in [-0.1, -0.05) is 36.4 Å². The van der Waals surface area contributed by atoms with Gasteiger partial charge in [-0.25, -0.2) is 9.97 Å². The van der Waals surface area contributed by atoms with Crippen LogP contribution in [0, 0.1) is 0 Å². The van der Waals surface area contributed by atoms with Gasteiger partial charge in [-0.15, -0.1) is 0 Å². The summed E-state index contributed by atoms with van der Waals surface area (Å²) in [6, 6.07) is 27.2. The summed E-state index contributed by atoms with van der Waals surface area (Å²) in [5.74, 6) is 0. The average molecular weight is 437 g/mol. The number of aromatic nitrogens is 2. The Balaban J connectivity index is 1.36. The third-order valence-electron chi connectivity index (χ3n) is 4.95. The zero-order valence-electron chi connectivity index (χ0n) is 18.0. The molecule has 0 aliphatic carbocycles. The van der Waals surface area contributed by atoms with Gasteiger partial charge in [0.15, 0.2) is 0 Å². The van der Waals surface area contributed by atoms with E-state index in [0.717, 1.165) is 17.8 Å². The molecule has 0 bridgehead atoms. The summed E-state index contributed by atoms with van der Waals surface area (Å²) >= 11 is 0. The normalized spacial score (nSPS) is 11.5. The molecule has 4 aromatic rings. The molecule has 0 spiro atoms. The minimum atomic E-state index is -0.0839. The van der Waals surface area contributed by atoms with E-state index in [0.29, 0.717) is 22.8 Å². The lowest BCUT2D eigenvalue weighted by Crippen LogP contribution is -1.93. The molecule has 2 aromatic heterocycles. The molecule has 4 rings (SSSR count). The molecule has 2 aromatic carbocycles. The predicted octanol–water partition coefficient (Wildman–Crippen LogP) is 4.55. The lowest BCUT2D eigenvalue weighted by Gasteiger charge is -2.04. The molecule has 2 heterocycles. The number of aliphatic hydroxyl groups is 2. The number of rotatable bonds is 8. The van der Waals surface area contributed by atoms with Gasteiger partial charge in [-0.05, 0) is 66.1 Å². The van der Waals surface area contributed by atoms with Crippen molar-refractivity contribution in [3.63, 3.8) is 0 Å². The van der Waals surface area contributed by atoms with E-state index in [1.807, 2.05) is 48.5 Å². The zero-order valence-corrected chi connectivity index (χ0v) is 18.0. The molecular formula is C27H24N4O2. The number of benzene rings is 2.